The molecule has 1 unspecified atom stereocenters. The summed E-state index contributed by atoms with van der Waals surface area (Å²) in [5.74, 6) is 0. The summed E-state index contributed by atoms with van der Waals surface area (Å²) in [5.41, 5.74) is 0. The lowest BCUT2D eigenvalue weighted by Gasteiger charge is -1.95. The van der Waals surface area contributed by atoms with E-state index in [2.05, 4.69) is 0 Å². The van der Waals surface area contributed by atoms with Crippen LogP contribution in [0.2, 0.25) is 0 Å². The predicted octanol–water partition coefficient (Wildman–Crippen LogP) is -0.178. The van der Waals surface area contributed by atoms with E-state index >= 15 is 0 Å². The van der Waals surface area contributed by atoms with Crippen LogP contribution >= 0.6 is 0 Å². The number of hydrogen-bond acceptors (Lipinski definition) is 5. The molecule has 11 heavy (non-hydrogen) atoms. The summed E-state index contributed by atoms with van der Waals surface area (Å²) in [6.07, 6.45) is -0.337. The van der Waals surface area contributed by atoms with Crippen molar-refractivity contribution >= 4 is 0 Å². The molecular weight excluding hydrogens is 154 g/mol. The third-order valence-corrected chi connectivity index (χ3v) is 0.989. The van der Waals surface area contributed by atoms with E-state index in [9.17, 15) is 20.2 Å². The highest BCUT2D eigenvalue weighted by Crippen LogP contribution is 1.94. The standard InChI is InChI=1S/C4H5N3O4/c5-3-4(7(10)11)1-2-6(8)9/h4H,1-2H2. The molecule has 7 nitrogen and oxygen atoms in total. The topological polar surface area (TPSA) is 110 Å². The van der Waals surface area contributed by atoms with Crippen molar-refractivity contribution in [1.82, 2.24) is 0 Å². The van der Waals surface area contributed by atoms with Crippen LogP contribution in [0.25, 0.3) is 0 Å². The van der Waals surface area contributed by atoms with Crippen molar-refractivity contribution < 1.29 is 9.85 Å². The van der Waals surface area contributed by atoms with Gasteiger partial charge in [-0.05, 0) is 0 Å². The summed E-state index contributed by atoms with van der Waals surface area (Å²) < 4.78 is 0. The maximum atomic E-state index is 9.90. The second-order valence-electron chi connectivity index (χ2n) is 1.78. The molecule has 0 aromatic heterocycles. The minimum Gasteiger partial charge on any atom is -0.265 e. The summed E-state index contributed by atoms with van der Waals surface area (Å²) in [4.78, 5) is 18.1. The van der Waals surface area contributed by atoms with Gasteiger partial charge in [0.05, 0.1) is 6.42 Å². The minimum atomic E-state index is -1.46. The average Bonchev–Trinajstić information content (AvgIpc) is 1.87. The van der Waals surface area contributed by atoms with Gasteiger partial charge in [-0.25, -0.2) is 0 Å². The molecule has 0 aromatic carbocycles. The molecule has 0 spiro atoms. The van der Waals surface area contributed by atoms with Crippen molar-refractivity contribution in [3.63, 3.8) is 0 Å². The molecule has 0 amide bonds. The smallest absolute Gasteiger partial charge is 0.265 e. The first kappa shape index (κ1) is 9.29. The SMILES string of the molecule is N#CC(CC[N+](=O)[O-])[N+](=O)[O-]. The van der Waals surface area contributed by atoms with Crippen molar-refractivity contribution in [2.45, 2.75) is 12.5 Å². The van der Waals surface area contributed by atoms with Gasteiger partial charge in [-0.15, -0.1) is 0 Å². The fourth-order valence-corrected chi connectivity index (χ4v) is 0.445. The maximum absolute atomic E-state index is 9.90. The Kier molecular flexibility index (Phi) is 3.51. The molecule has 0 radical (unpaired) electrons. The largest absolute Gasteiger partial charge is 0.303 e. The van der Waals surface area contributed by atoms with E-state index in [0.29, 0.717) is 0 Å². The van der Waals surface area contributed by atoms with Gasteiger partial charge in [0.1, 0.15) is 6.07 Å². The Hall–Kier alpha value is -1.71. The highest BCUT2D eigenvalue weighted by atomic mass is 16.6. The first-order valence-electron chi connectivity index (χ1n) is 2.73. The molecule has 0 saturated heterocycles. The zero-order valence-electron chi connectivity index (χ0n) is 5.47. The Morgan fingerprint density at radius 1 is 1.45 bits per heavy atom. The highest BCUT2D eigenvalue weighted by molar-refractivity contribution is 4.82. The lowest BCUT2D eigenvalue weighted by atomic mass is 10.2. The van der Waals surface area contributed by atoms with E-state index in [1.54, 1.807) is 0 Å². The number of nitro groups is 2. The molecule has 0 saturated carbocycles. The molecule has 0 aliphatic heterocycles. The molecule has 0 rings (SSSR count). The summed E-state index contributed by atoms with van der Waals surface area (Å²) in [6, 6.07) is -0.105. The number of nitrogens with zero attached hydrogens (tertiary/aromatic N) is 3. The maximum Gasteiger partial charge on any atom is 0.303 e. The second-order valence-corrected chi connectivity index (χ2v) is 1.78. The zero-order chi connectivity index (χ0) is 8.85. The monoisotopic (exact) mass is 159 g/mol. The highest BCUT2D eigenvalue weighted by Gasteiger charge is 2.20. The van der Waals surface area contributed by atoms with Crippen LogP contribution in [-0.2, 0) is 0 Å². The summed E-state index contributed by atoms with van der Waals surface area (Å²) >= 11 is 0. The van der Waals surface area contributed by atoms with Gasteiger partial charge in [-0.2, -0.15) is 5.26 Å². The van der Waals surface area contributed by atoms with Gasteiger partial charge in [0.25, 0.3) is 0 Å². The number of nitriles is 1. The van der Waals surface area contributed by atoms with Gasteiger partial charge in [0.15, 0.2) is 0 Å². The van der Waals surface area contributed by atoms with Gasteiger partial charge in [-0.1, -0.05) is 0 Å². The van der Waals surface area contributed by atoms with Crippen molar-refractivity contribution in [2.24, 2.45) is 0 Å². The van der Waals surface area contributed by atoms with Gasteiger partial charge < -0.3 is 0 Å². The normalized spacial score (nSPS) is 11.5. The van der Waals surface area contributed by atoms with E-state index in [-0.39, 0.29) is 6.42 Å². The van der Waals surface area contributed by atoms with Crippen molar-refractivity contribution in [3.8, 4) is 6.07 Å². The third-order valence-electron chi connectivity index (χ3n) is 0.989. The summed E-state index contributed by atoms with van der Waals surface area (Å²) in [7, 11) is 0. The Morgan fingerprint density at radius 2 is 2.00 bits per heavy atom. The molecule has 0 heterocycles. The molecule has 0 aliphatic rings. The molecule has 0 bridgehead atoms. The van der Waals surface area contributed by atoms with E-state index in [0.717, 1.165) is 0 Å². The van der Waals surface area contributed by atoms with E-state index in [1.807, 2.05) is 0 Å². The number of hydrogen-bond donors (Lipinski definition) is 0. The van der Waals surface area contributed by atoms with Crippen LogP contribution in [-0.4, -0.2) is 22.4 Å². The summed E-state index contributed by atoms with van der Waals surface area (Å²) in [5, 5.41) is 27.7. The molecule has 0 N–H and O–H groups in total. The van der Waals surface area contributed by atoms with E-state index in [1.165, 1.54) is 6.07 Å². The molecule has 0 fully saturated rings. The lowest BCUT2D eigenvalue weighted by molar-refractivity contribution is -0.529. The van der Waals surface area contributed by atoms with Gasteiger partial charge in [0, 0.05) is 9.85 Å². The van der Waals surface area contributed by atoms with Gasteiger partial charge >= 0.3 is 6.04 Å². The van der Waals surface area contributed by atoms with Crippen LogP contribution in [0.5, 0.6) is 0 Å². The predicted molar refractivity (Wildman–Crippen MR) is 32.9 cm³/mol. The average molecular weight is 159 g/mol. The summed E-state index contributed by atoms with van der Waals surface area (Å²) in [6.45, 7) is -0.542. The van der Waals surface area contributed by atoms with Crippen LogP contribution in [0, 0.1) is 31.6 Å². The third kappa shape index (κ3) is 3.80. The molecular formula is C4H5N3O4. The molecule has 0 aromatic rings. The fraction of sp³-hybridized carbons (Fsp3) is 0.750. The zero-order valence-corrected chi connectivity index (χ0v) is 5.47. The van der Waals surface area contributed by atoms with Gasteiger partial charge in [-0.3, -0.25) is 20.2 Å². The van der Waals surface area contributed by atoms with E-state index in [4.69, 9.17) is 5.26 Å². The fourth-order valence-electron chi connectivity index (χ4n) is 0.445. The van der Waals surface area contributed by atoms with Crippen LogP contribution in [0.3, 0.4) is 0 Å². The molecule has 0 aliphatic carbocycles. The van der Waals surface area contributed by atoms with Gasteiger partial charge in [0.2, 0.25) is 6.54 Å². The quantitative estimate of drug-likeness (QED) is 0.417. The number of rotatable bonds is 4. The van der Waals surface area contributed by atoms with Crippen molar-refractivity contribution in [2.75, 3.05) is 6.54 Å². The minimum absolute atomic E-state index is 0.337. The Balaban J connectivity index is 3.82. The first-order chi connectivity index (χ1) is 5.07. The van der Waals surface area contributed by atoms with Crippen LogP contribution in [0.1, 0.15) is 6.42 Å². The van der Waals surface area contributed by atoms with Crippen LogP contribution < -0.4 is 0 Å². The van der Waals surface area contributed by atoms with Crippen LogP contribution in [0.4, 0.5) is 0 Å². The van der Waals surface area contributed by atoms with Crippen LogP contribution in [0.15, 0.2) is 0 Å². The van der Waals surface area contributed by atoms with Crippen molar-refractivity contribution in [1.29, 1.82) is 5.26 Å². The second kappa shape index (κ2) is 4.16. The molecule has 7 heteroatoms. The molecule has 1 atom stereocenters. The Morgan fingerprint density at radius 3 is 2.27 bits per heavy atom. The molecule has 60 valence electrons. The Labute approximate surface area is 61.5 Å². The first-order valence-corrected chi connectivity index (χ1v) is 2.73. The van der Waals surface area contributed by atoms with Crippen molar-refractivity contribution in [3.05, 3.63) is 20.2 Å². The lowest BCUT2D eigenvalue weighted by Crippen LogP contribution is -2.20. The van der Waals surface area contributed by atoms with E-state index < -0.39 is 22.4 Å². The Bertz CT molecular complexity index is 208.